The molecule has 0 aliphatic rings. The molecule has 23 heavy (non-hydrogen) atoms. The third-order valence-electron chi connectivity index (χ3n) is 3.16. The number of ether oxygens (including phenoxy) is 1. The Kier molecular flexibility index (Phi) is 6.46. The van der Waals surface area contributed by atoms with E-state index < -0.39 is 0 Å². The van der Waals surface area contributed by atoms with Crippen LogP contribution in [0.2, 0.25) is 0 Å². The van der Waals surface area contributed by atoms with Crippen LogP contribution in [0.25, 0.3) is 0 Å². The average molecular weight is 381 g/mol. The number of halogens is 1. The SMILES string of the molecule is CN=C(NCCOc1cccc(Br)c1)NCc1nc(C)c(C)o1. The number of benzene rings is 1. The van der Waals surface area contributed by atoms with E-state index in [1.807, 2.05) is 38.1 Å². The van der Waals surface area contributed by atoms with Crippen molar-refractivity contribution in [1.82, 2.24) is 15.6 Å². The number of nitrogens with one attached hydrogen (secondary N) is 2. The highest BCUT2D eigenvalue weighted by Crippen LogP contribution is 2.17. The molecule has 1 aromatic carbocycles. The van der Waals surface area contributed by atoms with Crippen molar-refractivity contribution in [2.45, 2.75) is 20.4 Å². The summed E-state index contributed by atoms with van der Waals surface area (Å²) in [6, 6.07) is 7.75. The van der Waals surface area contributed by atoms with Gasteiger partial charge in [-0.25, -0.2) is 4.98 Å². The minimum Gasteiger partial charge on any atom is -0.492 e. The van der Waals surface area contributed by atoms with Crippen LogP contribution in [0.3, 0.4) is 0 Å². The molecule has 0 unspecified atom stereocenters. The van der Waals surface area contributed by atoms with Crippen molar-refractivity contribution in [2.24, 2.45) is 4.99 Å². The van der Waals surface area contributed by atoms with Crippen LogP contribution < -0.4 is 15.4 Å². The minimum atomic E-state index is 0.487. The number of oxazole rings is 1. The summed E-state index contributed by atoms with van der Waals surface area (Å²) in [7, 11) is 1.72. The molecule has 0 saturated heterocycles. The van der Waals surface area contributed by atoms with Crippen LogP contribution in [0.5, 0.6) is 5.75 Å². The molecule has 2 N–H and O–H groups in total. The first kappa shape index (κ1) is 17.3. The fraction of sp³-hybridized carbons (Fsp3) is 0.375. The largest absolute Gasteiger partial charge is 0.492 e. The van der Waals surface area contributed by atoms with Gasteiger partial charge in [0.1, 0.15) is 18.1 Å². The summed E-state index contributed by atoms with van der Waals surface area (Å²) in [5.41, 5.74) is 0.909. The molecule has 0 saturated carbocycles. The van der Waals surface area contributed by atoms with E-state index in [-0.39, 0.29) is 0 Å². The number of hydrogen-bond acceptors (Lipinski definition) is 4. The molecule has 2 rings (SSSR count). The summed E-state index contributed by atoms with van der Waals surface area (Å²) < 4.78 is 12.2. The second kappa shape index (κ2) is 8.57. The standard InChI is InChI=1S/C16H21BrN4O2/c1-11-12(2)23-15(21-11)10-20-16(18-3)19-7-8-22-14-6-4-5-13(17)9-14/h4-6,9H,7-8,10H2,1-3H3,(H2,18,19,20). The highest BCUT2D eigenvalue weighted by atomic mass is 79.9. The predicted molar refractivity (Wildman–Crippen MR) is 93.8 cm³/mol. The van der Waals surface area contributed by atoms with Crippen molar-refractivity contribution >= 4 is 21.9 Å². The molecule has 0 amide bonds. The molecule has 6 nitrogen and oxygen atoms in total. The molecule has 2 aromatic rings. The van der Waals surface area contributed by atoms with Crippen LogP contribution in [0, 0.1) is 13.8 Å². The Balaban J connectivity index is 1.70. The molecule has 0 radical (unpaired) electrons. The molecular weight excluding hydrogens is 360 g/mol. The van der Waals surface area contributed by atoms with Crippen molar-refractivity contribution in [2.75, 3.05) is 20.2 Å². The lowest BCUT2D eigenvalue weighted by atomic mass is 10.3. The number of aryl methyl sites for hydroxylation is 2. The number of rotatable bonds is 6. The second-order valence-electron chi connectivity index (χ2n) is 4.91. The molecule has 124 valence electrons. The minimum absolute atomic E-state index is 0.487. The van der Waals surface area contributed by atoms with E-state index in [1.54, 1.807) is 7.05 Å². The van der Waals surface area contributed by atoms with E-state index in [4.69, 9.17) is 9.15 Å². The van der Waals surface area contributed by atoms with Crippen molar-refractivity contribution in [3.63, 3.8) is 0 Å². The predicted octanol–water partition coefficient (Wildman–Crippen LogP) is 2.80. The molecule has 7 heteroatoms. The maximum absolute atomic E-state index is 5.66. The zero-order chi connectivity index (χ0) is 16.7. The maximum Gasteiger partial charge on any atom is 0.214 e. The lowest BCUT2D eigenvalue weighted by Gasteiger charge is -2.11. The Labute approximate surface area is 144 Å². The highest BCUT2D eigenvalue weighted by Gasteiger charge is 2.06. The van der Waals surface area contributed by atoms with Gasteiger partial charge >= 0.3 is 0 Å². The van der Waals surface area contributed by atoms with Gasteiger partial charge in [0.05, 0.1) is 18.8 Å². The Morgan fingerprint density at radius 3 is 2.83 bits per heavy atom. The summed E-state index contributed by atoms with van der Waals surface area (Å²) >= 11 is 3.42. The molecule has 0 aliphatic heterocycles. The van der Waals surface area contributed by atoms with Gasteiger partial charge < -0.3 is 19.8 Å². The van der Waals surface area contributed by atoms with Crippen molar-refractivity contribution in [1.29, 1.82) is 0 Å². The summed E-state index contributed by atoms with van der Waals surface area (Å²) in [4.78, 5) is 8.47. The van der Waals surface area contributed by atoms with E-state index in [2.05, 4.69) is 36.5 Å². The Bertz CT molecular complexity index is 650. The molecule has 1 aromatic heterocycles. The maximum atomic E-state index is 5.66. The lowest BCUT2D eigenvalue weighted by Crippen LogP contribution is -2.38. The fourth-order valence-electron chi connectivity index (χ4n) is 1.89. The summed E-state index contributed by atoms with van der Waals surface area (Å²) in [5.74, 6) is 2.99. The van der Waals surface area contributed by atoms with E-state index in [1.165, 1.54) is 0 Å². The van der Waals surface area contributed by atoms with Gasteiger partial charge in [-0.3, -0.25) is 4.99 Å². The molecule has 1 heterocycles. The normalized spacial score (nSPS) is 11.4. The molecule has 0 fully saturated rings. The smallest absolute Gasteiger partial charge is 0.214 e. The topological polar surface area (TPSA) is 71.7 Å². The van der Waals surface area contributed by atoms with Crippen LogP contribution in [0.4, 0.5) is 0 Å². The zero-order valence-electron chi connectivity index (χ0n) is 13.5. The van der Waals surface area contributed by atoms with Crippen LogP contribution in [-0.4, -0.2) is 31.1 Å². The summed E-state index contributed by atoms with van der Waals surface area (Å²) in [6.45, 7) is 5.48. The van der Waals surface area contributed by atoms with Gasteiger partial charge in [-0.15, -0.1) is 0 Å². The van der Waals surface area contributed by atoms with Crippen LogP contribution in [0.1, 0.15) is 17.3 Å². The van der Waals surface area contributed by atoms with E-state index in [0.717, 1.165) is 21.7 Å². The zero-order valence-corrected chi connectivity index (χ0v) is 15.1. The quantitative estimate of drug-likeness (QED) is 0.458. The average Bonchev–Trinajstić information content (AvgIpc) is 2.85. The highest BCUT2D eigenvalue weighted by molar-refractivity contribution is 9.10. The number of nitrogens with zero attached hydrogens (tertiary/aromatic N) is 2. The van der Waals surface area contributed by atoms with Gasteiger partial charge in [0.2, 0.25) is 5.89 Å². The third kappa shape index (κ3) is 5.59. The first-order valence-corrected chi connectivity index (χ1v) is 8.13. The van der Waals surface area contributed by atoms with E-state index in [0.29, 0.717) is 31.5 Å². The first-order chi connectivity index (χ1) is 11.1. The Morgan fingerprint density at radius 1 is 1.35 bits per heavy atom. The van der Waals surface area contributed by atoms with Gasteiger partial charge in [0, 0.05) is 11.5 Å². The van der Waals surface area contributed by atoms with Gasteiger partial charge in [-0.1, -0.05) is 22.0 Å². The molecular formula is C16H21BrN4O2. The monoisotopic (exact) mass is 380 g/mol. The lowest BCUT2D eigenvalue weighted by molar-refractivity contribution is 0.321. The van der Waals surface area contributed by atoms with E-state index >= 15 is 0 Å². The van der Waals surface area contributed by atoms with Gasteiger partial charge in [-0.2, -0.15) is 0 Å². The van der Waals surface area contributed by atoms with Crippen LogP contribution >= 0.6 is 15.9 Å². The van der Waals surface area contributed by atoms with Crippen molar-refractivity contribution < 1.29 is 9.15 Å². The Hall–Kier alpha value is -2.02. The molecule has 0 spiro atoms. The second-order valence-corrected chi connectivity index (χ2v) is 5.82. The van der Waals surface area contributed by atoms with Crippen molar-refractivity contribution in [3.05, 3.63) is 46.1 Å². The first-order valence-electron chi connectivity index (χ1n) is 7.34. The molecule has 0 aliphatic carbocycles. The van der Waals surface area contributed by atoms with Crippen LogP contribution in [0.15, 0.2) is 38.1 Å². The number of hydrogen-bond donors (Lipinski definition) is 2. The van der Waals surface area contributed by atoms with Gasteiger partial charge in [0.15, 0.2) is 5.96 Å². The van der Waals surface area contributed by atoms with Crippen molar-refractivity contribution in [3.8, 4) is 5.75 Å². The fourth-order valence-corrected chi connectivity index (χ4v) is 2.27. The van der Waals surface area contributed by atoms with Crippen LogP contribution in [-0.2, 0) is 6.54 Å². The van der Waals surface area contributed by atoms with Gasteiger partial charge in [-0.05, 0) is 32.0 Å². The molecule has 0 atom stereocenters. The summed E-state index contributed by atoms with van der Waals surface area (Å²) in [6.07, 6.45) is 0. The number of aliphatic imine (C=N–C) groups is 1. The van der Waals surface area contributed by atoms with E-state index in [9.17, 15) is 0 Å². The number of guanidine groups is 1. The number of aromatic nitrogens is 1. The summed E-state index contributed by atoms with van der Waals surface area (Å²) in [5, 5.41) is 6.33. The Morgan fingerprint density at radius 2 is 2.17 bits per heavy atom. The molecule has 0 bridgehead atoms. The third-order valence-corrected chi connectivity index (χ3v) is 3.66. The van der Waals surface area contributed by atoms with Gasteiger partial charge in [0.25, 0.3) is 0 Å².